The number of hydrogen-bond acceptors (Lipinski definition) is 3. The van der Waals surface area contributed by atoms with Gasteiger partial charge in [-0.15, -0.1) is 11.6 Å². The van der Waals surface area contributed by atoms with E-state index in [4.69, 9.17) is 11.6 Å². The summed E-state index contributed by atoms with van der Waals surface area (Å²) >= 11 is 5.39. The molecule has 0 radical (unpaired) electrons. The molecule has 0 saturated heterocycles. The van der Waals surface area contributed by atoms with Gasteiger partial charge in [0, 0.05) is 12.3 Å². The van der Waals surface area contributed by atoms with Crippen LogP contribution in [0.2, 0.25) is 0 Å². The zero-order valence-electron chi connectivity index (χ0n) is 7.64. The molecular formula is C8H14ClNO3. The number of alkyl halides is 1. The summed E-state index contributed by atoms with van der Waals surface area (Å²) in [6.07, 6.45) is 0.971. The average molecular weight is 208 g/mol. The Kier molecular flexibility index (Phi) is 7.39. The maximum Gasteiger partial charge on any atom is 0.325 e. The first kappa shape index (κ1) is 12.2. The second-order valence-corrected chi connectivity index (χ2v) is 2.75. The molecule has 0 aromatic rings. The second-order valence-electron chi connectivity index (χ2n) is 2.37. The number of rotatable bonds is 6. The summed E-state index contributed by atoms with van der Waals surface area (Å²) in [5.74, 6) is -0.136. The minimum Gasteiger partial charge on any atom is -0.465 e. The minimum atomic E-state index is -0.415. The van der Waals surface area contributed by atoms with Crippen LogP contribution in [0.5, 0.6) is 0 Å². The first-order valence-electron chi connectivity index (χ1n) is 4.19. The summed E-state index contributed by atoms with van der Waals surface area (Å²) in [6, 6.07) is 0. The van der Waals surface area contributed by atoms with E-state index >= 15 is 0 Å². The van der Waals surface area contributed by atoms with Crippen molar-refractivity contribution in [2.75, 3.05) is 19.0 Å². The summed E-state index contributed by atoms with van der Waals surface area (Å²) in [4.78, 5) is 21.7. The molecule has 0 atom stereocenters. The monoisotopic (exact) mass is 207 g/mol. The van der Waals surface area contributed by atoms with Gasteiger partial charge >= 0.3 is 5.97 Å². The van der Waals surface area contributed by atoms with E-state index in [0.717, 1.165) is 0 Å². The summed E-state index contributed by atoms with van der Waals surface area (Å²) in [5, 5.41) is 2.43. The molecule has 13 heavy (non-hydrogen) atoms. The van der Waals surface area contributed by atoms with Crippen molar-refractivity contribution in [1.82, 2.24) is 5.32 Å². The molecule has 76 valence electrons. The highest BCUT2D eigenvalue weighted by Gasteiger charge is 2.04. The zero-order chi connectivity index (χ0) is 10.1. The van der Waals surface area contributed by atoms with Crippen molar-refractivity contribution in [2.24, 2.45) is 0 Å². The quantitative estimate of drug-likeness (QED) is 0.515. The molecule has 1 amide bonds. The average Bonchev–Trinajstić information content (AvgIpc) is 2.12. The third-order valence-corrected chi connectivity index (χ3v) is 1.54. The van der Waals surface area contributed by atoms with Crippen LogP contribution in [0.1, 0.15) is 19.8 Å². The van der Waals surface area contributed by atoms with Crippen LogP contribution < -0.4 is 5.32 Å². The lowest BCUT2D eigenvalue weighted by Gasteiger charge is -2.03. The van der Waals surface area contributed by atoms with Crippen LogP contribution in [0.4, 0.5) is 0 Å². The van der Waals surface area contributed by atoms with Crippen LogP contribution in [-0.2, 0) is 14.3 Å². The van der Waals surface area contributed by atoms with Crippen LogP contribution in [0.15, 0.2) is 0 Å². The number of halogens is 1. The van der Waals surface area contributed by atoms with Crippen LogP contribution in [-0.4, -0.2) is 30.9 Å². The molecule has 0 bridgehead atoms. The van der Waals surface area contributed by atoms with Gasteiger partial charge in [-0.3, -0.25) is 9.59 Å². The largest absolute Gasteiger partial charge is 0.465 e. The Balaban J connectivity index is 3.40. The standard InChI is InChI=1S/C8H14ClNO3/c1-2-13-8(12)6-10-7(11)4-3-5-9/h2-6H2,1H3,(H,10,11). The Bertz CT molecular complexity index is 173. The van der Waals surface area contributed by atoms with E-state index in [1.165, 1.54) is 0 Å². The van der Waals surface area contributed by atoms with E-state index in [1.54, 1.807) is 6.92 Å². The molecule has 0 rings (SSSR count). The number of amides is 1. The summed E-state index contributed by atoms with van der Waals surface area (Å²) in [7, 11) is 0. The summed E-state index contributed by atoms with van der Waals surface area (Å²) < 4.78 is 4.62. The van der Waals surface area contributed by atoms with E-state index in [0.29, 0.717) is 25.3 Å². The van der Waals surface area contributed by atoms with Gasteiger partial charge in [0.15, 0.2) is 0 Å². The normalized spacial score (nSPS) is 9.38. The molecule has 0 fully saturated rings. The third-order valence-electron chi connectivity index (χ3n) is 1.27. The number of esters is 1. The number of carbonyl (C=O) groups excluding carboxylic acids is 2. The van der Waals surface area contributed by atoms with Crippen molar-refractivity contribution in [3.05, 3.63) is 0 Å². The van der Waals surface area contributed by atoms with Gasteiger partial charge in [0.2, 0.25) is 5.91 Å². The van der Waals surface area contributed by atoms with Crippen molar-refractivity contribution >= 4 is 23.5 Å². The lowest BCUT2D eigenvalue weighted by atomic mass is 10.3. The Morgan fingerprint density at radius 1 is 1.46 bits per heavy atom. The fourth-order valence-electron chi connectivity index (χ4n) is 0.699. The smallest absolute Gasteiger partial charge is 0.325 e. The maximum atomic E-state index is 10.9. The van der Waals surface area contributed by atoms with Gasteiger partial charge in [0.25, 0.3) is 0 Å². The molecule has 0 aromatic heterocycles. The first-order valence-corrected chi connectivity index (χ1v) is 4.72. The fourth-order valence-corrected chi connectivity index (χ4v) is 0.832. The van der Waals surface area contributed by atoms with E-state index < -0.39 is 5.97 Å². The number of ether oxygens (including phenoxy) is 1. The Hall–Kier alpha value is -0.770. The van der Waals surface area contributed by atoms with Crippen molar-refractivity contribution < 1.29 is 14.3 Å². The second kappa shape index (κ2) is 7.86. The topological polar surface area (TPSA) is 55.4 Å². The highest BCUT2D eigenvalue weighted by Crippen LogP contribution is 1.90. The molecule has 0 unspecified atom stereocenters. The van der Waals surface area contributed by atoms with Gasteiger partial charge in [0.1, 0.15) is 6.54 Å². The lowest BCUT2D eigenvalue weighted by molar-refractivity contribution is -0.143. The van der Waals surface area contributed by atoms with E-state index in [-0.39, 0.29) is 12.5 Å². The summed E-state index contributed by atoms with van der Waals surface area (Å²) in [5.41, 5.74) is 0. The number of nitrogens with one attached hydrogen (secondary N) is 1. The molecule has 0 aliphatic heterocycles. The van der Waals surface area contributed by atoms with E-state index in [9.17, 15) is 9.59 Å². The van der Waals surface area contributed by atoms with Crippen molar-refractivity contribution in [2.45, 2.75) is 19.8 Å². The first-order chi connectivity index (χ1) is 6.20. The Morgan fingerprint density at radius 2 is 2.15 bits per heavy atom. The van der Waals surface area contributed by atoms with E-state index in [2.05, 4.69) is 10.1 Å². The number of carbonyl (C=O) groups is 2. The highest BCUT2D eigenvalue weighted by molar-refractivity contribution is 6.17. The van der Waals surface area contributed by atoms with Crippen molar-refractivity contribution in [1.29, 1.82) is 0 Å². The fraction of sp³-hybridized carbons (Fsp3) is 0.750. The molecule has 0 saturated carbocycles. The molecular weight excluding hydrogens is 194 g/mol. The minimum absolute atomic E-state index is 0.0606. The van der Waals surface area contributed by atoms with Crippen LogP contribution in [0, 0.1) is 0 Å². The molecule has 5 heteroatoms. The molecule has 0 aromatic carbocycles. The summed E-state index contributed by atoms with van der Waals surface area (Å²) in [6.45, 7) is 1.98. The van der Waals surface area contributed by atoms with Gasteiger partial charge in [-0.2, -0.15) is 0 Å². The lowest BCUT2D eigenvalue weighted by Crippen LogP contribution is -2.30. The van der Waals surface area contributed by atoms with Gasteiger partial charge in [-0.1, -0.05) is 0 Å². The van der Waals surface area contributed by atoms with Crippen LogP contribution in [0.3, 0.4) is 0 Å². The number of hydrogen-bond donors (Lipinski definition) is 1. The molecule has 0 aliphatic carbocycles. The Labute approximate surface area is 82.6 Å². The van der Waals surface area contributed by atoms with E-state index in [1.807, 2.05) is 0 Å². The Morgan fingerprint density at radius 3 is 2.69 bits per heavy atom. The molecule has 0 heterocycles. The van der Waals surface area contributed by atoms with Gasteiger partial charge in [0.05, 0.1) is 6.61 Å². The SMILES string of the molecule is CCOC(=O)CNC(=O)CCCCl. The maximum absolute atomic E-state index is 10.9. The third kappa shape index (κ3) is 7.59. The van der Waals surface area contributed by atoms with Gasteiger partial charge in [-0.25, -0.2) is 0 Å². The van der Waals surface area contributed by atoms with Crippen LogP contribution in [0.25, 0.3) is 0 Å². The van der Waals surface area contributed by atoms with Gasteiger partial charge in [-0.05, 0) is 13.3 Å². The predicted octanol–water partition coefficient (Wildman–Crippen LogP) is 0.685. The van der Waals surface area contributed by atoms with Crippen molar-refractivity contribution in [3.8, 4) is 0 Å². The molecule has 4 nitrogen and oxygen atoms in total. The van der Waals surface area contributed by atoms with Crippen molar-refractivity contribution in [3.63, 3.8) is 0 Å². The van der Waals surface area contributed by atoms with Gasteiger partial charge < -0.3 is 10.1 Å². The zero-order valence-corrected chi connectivity index (χ0v) is 8.39. The van der Waals surface area contributed by atoms with Crippen LogP contribution >= 0.6 is 11.6 Å². The molecule has 0 spiro atoms. The highest BCUT2D eigenvalue weighted by atomic mass is 35.5. The molecule has 0 aliphatic rings. The predicted molar refractivity (Wildman–Crippen MR) is 49.6 cm³/mol. The molecule has 1 N–H and O–H groups in total.